The van der Waals surface area contributed by atoms with Crippen LogP contribution in [0.1, 0.15) is 19.8 Å². The van der Waals surface area contributed by atoms with Crippen LogP contribution in [-0.2, 0) is 16.1 Å². The molecule has 0 saturated carbocycles. The number of benzene rings is 1. The smallest absolute Gasteiger partial charge is 0.262 e. The minimum Gasteiger partial charge on any atom is -0.347 e. The second kappa shape index (κ2) is 9.08. The SMILES string of the molecule is CCCCn1c(=O)c2ccccc2n2c(SCC(=O)NCC(=O)N(C)C)nnc12. The fourth-order valence-electron chi connectivity index (χ4n) is 2.86. The molecular weight excluding hydrogens is 392 g/mol. The van der Waals surface area contributed by atoms with Crippen molar-refractivity contribution in [3.8, 4) is 0 Å². The third-order valence-corrected chi connectivity index (χ3v) is 5.41. The van der Waals surface area contributed by atoms with Crippen LogP contribution in [0.5, 0.6) is 0 Å². The van der Waals surface area contributed by atoms with Gasteiger partial charge in [-0.25, -0.2) is 0 Å². The third-order valence-electron chi connectivity index (χ3n) is 4.48. The van der Waals surface area contributed by atoms with Crippen molar-refractivity contribution in [2.24, 2.45) is 0 Å². The molecule has 2 aromatic heterocycles. The number of rotatable bonds is 8. The van der Waals surface area contributed by atoms with E-state index in [0.29, 0.717) is 28.4 Å². The molecule has 0 radical (unpaired) electrons. The molecule has 1 aromatic carbocycles. The van der Waals surface area contributed by atoms with Gasteiger partial charge in [-0.15, -0.1) is 10.2 Å². The zero-order valence-electron chi connectivity index (χ0n) is 16.7. The first kappa shape index (κ1) is 20.8. The summed E-state index contributed by atoms with van der Waals surface area (Å²) in [5.74, 6) is 0.102. The highest BCUT2D eigenvalue weighted by Gasteiger charge is 2.17. The lowest BCUT2D eigenvalue weighted by atomic mass is 10.2. The second-order valence-corrected chi connectivity index (χ2v) is 7.74. The maximum absolute atomic E-state index is 12.9. The van der Waals surface area contributed by atoms with E-state index >= 15 is 0 Å². The monoisotopic (exact) mass is 416 g/mol. The fraction of sp³-hybridized carbons (Fsp3) is 0.421. The van der Waals surface area contributed by atoms with Gasteiger partial charge in [0, 0.05) is 20.6 Å². The van der Waals surface area contributed by atoms with Crippen molar-refractivity contribution >= 4 is 40.3 Å². The first-order valence-electron chi connectivity index (χ1n) is 9.40. The highest BCUT2D eigenvalue weighted by atomic mass is 32.2. The summed E-state index contributed by atoms with van der Waals surface area (Å²) in [6.45, 7) is 2.57. The van der Waals surface area contributed by atoms with E-state index in [2.05, 4.69) is 22.4 Å². The summed E-state index contributed by atoms with van der Waals surface area (Å²) in [4.78, 5) is 38.0. The number of nitrogens with zero attached hydrogens (tertiary/aromatic N) is 5. The zero-order valence-corrected chi connectivity index (χ0v) is 17.5. The number of hydrogen-bond donors (Lipinski definition) is 1. The Morgan fingerprint density at radius 3 is 2.69 bits per heavy atom. The number of aryl methyl sites for hydroxylation is 1. The molecule has 10 heteroatoms. The van der Waals surface area contributed by atoms with Crippen molar-refractivity contribution in [2.45, 2.75) is 31.5 Å². The minimum absolute atomic E-state index is 0.0491. The molecule has 0 unspecified atom stereocenters. The van der Waals surface area contributed by atoms with Crippen LogP contribution >= 0.6 is 11.8 Å². The Morgan fingerprint density at radius 2 is 1.97 bits per heavy atom. The second-order valence-electron chi connectivity index (χ2n) is 6.80. The predicted octanol–water partition coefficient (Wildman–Crippen LogP) is 1.14. The fourth-order valence-corrected chi connectivity index (χ4v) is 3.63. The van der Waals surface area contributed by atoms with Crippen LogP contribution in [0.3, 0.4) is 0 Å². The first-order chi connectivity index (χ1) is 13.9. The topological polar surface area (TPSA) is 102 Å². The number of amides is 2. The molecule has 9 nitrogen and oxygen atoms in total. The van der Waals surface area contributed by atoms with Gasteiger partial charge >= 0.3 is 0 Å². The Bertz CT molecular complexity index is 1100. The van der Waals surface area contributed by atoms with Crippen LogP contribution in [0.25, 0.3) is 16.7 Å². The predicted molar refractivity (Wildman–Crippen MR) is 112 cm³/mol. The molecule has 2 heterocycles. The highest BCUT2D eigenvalue weighted by molar-refractivity contribution is 7.99. The lowest BCUT2D eigenvalue weighted by molar-refractivity contribution is -0.130. The molecule has 1 N–H and O–H groups in total. The van der Waals surface area contributed by atoms with Crippen LogP contribution in [0, 0.1) is 0 Å². The first-order valence-corrected chi connectivity index (χ1v) is 10.4. The van der Waals surface area contributed by atoms with E-state index in [9.17, 15) is 14.4 Å². The molecule has 2 amide bonds. The molecule has 0 aliphatic rings. The number of hydrogen-bond acceptors (Lipinski definition) is 6. The number of nitrogens with one attached hydrogen (secondary N) is 1. The molecule has 0 aliphatic heterocycles. The summed E-state index contributed by atoms with van der Waals surface area (Å²) < 4.78 is 3.45. The van der Waals surface area contributed by atoms with Crippen LogP contribution < -0.4 is 10.9 Å². The summed E-state index contributed by atoms with van der Waals surface area (Å²) >= 11 is 1.22. The quantitative estimate of drug-likeness (QED) is 0.553. The van der Waals surface area contributed by atoms with Crippen molar-refractivity contribution in [3.63, 3.8) is 0 Å². The Hall–Kier alpha value is -2.88. The largest absolute Gasteiger partial charge is 0.347 e. The van der Waals surface area contributed by atoms with Gasteiger partial charge in [-0.2, -0.15) is 0 Å². The van der Waals surface area contributed by atoms with Gasteiger partial charge in [0.2, 0.25) is 17.6 Å². The van der Waals surface area contributed by atoms with E-state index in [0.717, 1.165) is 12.8 Å². The molecule has 29 heavy (non-hydrogen) atoms. The lowest BCUT2D eigenvalue weighted by Crippen LogP contribution is -2.37. The van der Waals surface area contributed by atoms with E-state index in [1.165, 1.54) is 16.7 Å². The van der Waals surface area contributed by atoms with E-state index < -0.39 is 0 Å². The van der Waals surface area contributed by atoms with Crippen LogP contribution in [0.2, 0.25) is 0 Å². The van der Waals surface area contributed by atoms with Gasteiger partial charge in [-0.05, 0) is 18.6 Å². The maximum Gasteiger partial charge on any atom is 0.262 e. The van der Waals surface area contributed by atoms with E-state index in [1.807, 2.05) is 22.6 Å². The average Bonchev–Trinajstić information content (AvgIpc) is 3.14. The highest BCUT2D eigenvalue weighted by Crippen LogP contribution is 2.21. The van der Waals surface area contributed by atoms with Crippen LogP contribution in [-0.4, -0.2) is 62.3 Å². The molecule has 0 spiro atoms. The van der Waals surface area contributed by atoms with Crippen LogP contribution in [0.4, 0.5) is 0 Å². The molecule has 154 valence electrons. The molecule has 3 aromatic rings. The maximum atomic E-state index is 12.9. The lowest BCUT2D eigenvalue weighted by Gasteiger charge is -2.11. The summed E-state index contributed by atoms with van der Waals surface area (Å²) in [5, 5.41) is 12.1. The normalized spacial score (nSPS) is 11.1. The van der Waals surface area contributed by atoms with E-state index in [4.69, 9.17) is 0 Å². The molecule has 3 rings (SSSR count). The van der Waals surface area contributed by atoms with Gasteiger partial charge in [0.15, 0.2) is 5.16 Å². The summed E-state index contributed by atoms with van der Waals surface area (Å²) in [5.41, 5.74) is 0.612. The van der Waals surface area contributed by atoms with Gasteiger partial charge in [0.25, 0.3) is 5.56 Å². The molecule has 0 saturated heterocycles. The Balaban J connectivity index is 1.90. The number of carbonyl (C=O) groups is 2. The molecule has 0 fully saturated rings. The number of likely N-dealkylation sites (N-methyl/N-ethyl adjacent to an activating group) is 1. The van der Waals surface area contributed by atoms with Gasteiger partial charge in [0.1, 0.15) is 0 Å². The van der Waals surface area contributed by atoms with Gasteiger partial charge in [-0.1, -0.05) is 37.2 Å². The summed E-state index contributed by atoms with van der Waals surface area (Å²) in [6, 6.07) is 7.31. The average molecular weight is 417 g/mol. The number of fused-ring (bicyclic) bond motifs is 3. The molecule has 0 bridgehead atoms. The molecule has 0 atom stereocenters. The van der Waals surface area contributed by atoms with Gasteiger partial charge in [-0.3, -0.25) is 23.4 Å². The van der Waals surface area contributed by atoms with Gasteiger partial charge < -0.3 is 10.2 Å². The van der Waals surface area contributed by atoms with Gasteiger partial charge in [0.05, 0.1) is 23.2 Å². The Kier molecular flexibility index (Phi) is 6.53. The van der Waals surface area contributed by atoms with Crippen molar-refractivity contribution in [3.05, 3.63) is 34.6 Å². The Morgan fingerprint density at radius 1 is 1.21 bits per heavy atom. The number of para-hydroxylation sites is 1. The van der Waals surface area contributed by atoms with Crippen molar-refractivity contribution in [2.75, 3.05) is 26.4 Å². The van der Waals surface area contributed by atoms with E-state index in [1.54, 1.807) is 24.7 Å². The standard InChI is InChI=1S/C19H24N6O3S/c1-4-5-10-24-17(28)13-8-6-7-9-14(13)25-18(24)21-22-19(25)29-12-15(26)20-11-16(27)23(2)3/h6-9H,4-5,10-12H2,1-3H3,(H,20,26). The molecular formula is C19H24N6O3S. The molecule has 0 aliphatic carbocycles. The van der Waals surface area contributed by atoms with Crippen molar-refractivity contribution in [1.29, 1.82) is 0 Å². The number of thioether (sulfide) groups is 1. The van der Waals surface area contributed by atoms with Crippen LogP contribution in [0.15, 0.2) is 34.2 Å². The van der Waals surface area contributed by atoms with E-state index in [-0.39, 0.29) is 29.7 Å². The Labute approximate surface area is 172 Å². The summed E-state index contributed by atoms with van der Waals surface area (Å²) in [6.07, 6.45) is 1.80. The number of carbonyl (C=O) groups excluding carboxylic acids is 2. The number of unbranched alkanes of at least 4 members (excludes halogenated alkanes) is 1. The number of aromatic nitrogens is 4. The third kappa shape index (κ3) is 4.42. The minimum atomic E-state index is -0.273. The summed E-state index contributed by atoms with van der Waals surface area (Å²) in [7, 11) is 3.27. The van der Waals surface area contributed by atoms with Crippen molar-refractivity contribution < 1.29 is 9.59 Å². The van der Waals surface area contributed by atoms with Crippen molar-refractivity contribution in [1.82, 2.24) is 29.4 Å². The zero-order chi connectivity index (χ0) is 21.0.